The number of methoxy groups -OCH3 is 1. The van der Waals surface area contributed by atoms with E-state index >= 15 is 0 Å². The fourth-order valence-corrected chi connectivity index (χ4v) is 1.43. The van der Waals surface area contributed by atoms with Crippen LogP contribution in [0.15, 0.2) is 24.3 Å². The summed E-state index contributed by atoms with van der Waals surface area (Å²) in [5.41, 5.74) is 0.872. The Morgan fingerprint density at radius 1 is 1.29 bits per heavy atom. The fourth-order valence-electron chi connectivity index (χ4n) is 1.43. The van der Waals surface area contributed by atoms with Crippen LogP contribution in [0.25, 0.3) is 0 Å². The van der Waals surface area contributed by atoms with Crippen LogP contribution in [0.4, 0.5) is 8.78 Å². The van der Waals surface area contributed by atoms with Gasteiger partial charge in [-0.3, -0.25) is 4.79 Å². The lowest BCUT2D eigenvalue weighted by molar-refractivity contribution is -0.140. The van der Waals surface area contributed by atoms with Crippen molar-refractivity contribution in [3.63, 3.8) is 0 Å². The van der Waals surface area contributed by atoms with E-state index in [-0.39, 0.29) is 24.1 Å². The Balaban J connectivity index is 2.63. The highest BCUT2D eigenvalue weighted by Crippen LogP contribution is 2.23. The average Bonchev–Trinajstić information content (AvgIpc) is 2.28. The van der Waals surface area contributed by atoms with Crippen LogP contribution in [0.1, 0.15) is 24.8 Å². The minimum absolute atomic E-state index is 0.0250. The van der Waals surface area contributed by atoms with E-state index in [2.05, 4.69) is 9.47 Å². The molecule has 3 nitrogen and oxygen atoms in total. The Hall–Kier alpha value is -1.65. The highest BCUT2D eigenvalue weighted by Gasteiger charge is 2.12. The molecule has 0 N–H and O–H groups in total. The van der Waals surface area contributed by atoms with Crippen molar-refractivity contribution in [2.45, 2.75) is 25.9 Å². The van der Waals surface area contributed by atoms with Crippen LogP contribution in [0.5, 0.6) is 5.75 Å². The minimum Gasteiger partial charge on any atom is -0.469 e. The van der Waals surface area contributed by atoms with Gasteiger partial charge in [-0.05, 0) is 23.6 Å². The number of hydrogen-bond acceptors (Lipinski definition) is 3. The predicted molar refractivity (Wildman–Crippen MR) is 58.1 cm³/mol. The Labute approximate surface area is 98.3 Å². The molecule has 1 aromatic carbocycles. The molecule has 0 aliphatic carbocycles. The first-order chi connectivity index (χ1) is 8.02. The highest BCUT2D eigenvalue weighted by atomic mass is 19.3. The van der Waals surface area contributed by atoms with E-state index < -0.39 is 6.61 Å². The molecular formula is C12H14F2O3. The van der Waals surface area contributed by atoms with Gasteiger partial charge in [-0.1, -0.05) is 19.1 Å². The van der Waals surface area contributed by atoms with Crippen molar-refractivity contribution in [3.8, 4) is 5.75 Å². The standard InChI is InChI=1S/C12H14F2O3/c1-8(7-11(15)16-2)9-3-5-10(6-4-9)17-12(13)14/h3-6,8,12H,7H2,1-2H3. The molecule has 17 heavy (non-hydrogen) atoms. The molecule has 0 aromatic heterocycles. The summed E-state index contributed by atoms with van der Waals surface area (Å²) >= 11 is 0. The molecule has 0 saturated carbocycles. The Morgan fingerprint density at radius 2 is 1.88 bits per heavy atom. The first kappa shape index (κ1) is 13.4. The smallest absolute Gasteiger partial charge is 0.387 e. The van der Waals surface area contributed by atoms with Crippen LogP contribution in [0.2, 0.25) is 0 Å². The molecule has 1 rings (SSSR count). The van der Waals surface area contributed by atoms with Crippen molar-refractivity contribution in [2.24, 2.45) is 0 Å². The number of esters is 1. The van der Waals surface area contributed by atoms with Gasteiger partial charge in [-0.2, -0.15) is 8.78 Å². The van der Waals surface area contributed by atoms with Crippen LogP contribution in [0.3, 0.4) is 0 Å². The number of alkyl halides is 2. The number of carbonyl (C=O) groups excluding carboxylic acids is 1. The van der Waals surface area contributed by atoms with Crippen LogP contribution in [0, 0.1) is 0 Å². The van der Waals surface area contributed by atoms with Crippen LogP contribution >= 0.6 is 0 Å². The van der Waals surface area contributed by atoms with Gasteiger partial charge in [0, 0.05) is 0 Å². The summed E-state index contributed by atoms with van der Waals surface area (Å²) in [6.45, 7) is -0.965. The predicted octanol–water partition coefficient (Wildman–Crippen LogP) is 2.95. The first-order valence-electron chi connectivity index (χ1n) is 5.14. The normalized spacial score (nSPS) is 12.3. The molecule has 1 aromatic rings. The van der Waals surface area contributed by atoms with Crippen LogP contribution in [-0.4, -0.2) is 19.7 Å². The summed E-state index contributed by atoms with van der Waals surface area (Å²) in [6, 6.07) is 6.22. The Morgan fingerprint density at radius 3 is 2.35 bits per heavy atom. The monoisotopic (exact) mass is 244 g/mol. The van der Waals surface area contributed by atoms with E-state index in [9.17, 15) is 13.6 Å². The van der Waals surface area contributed by atoms with E-state index in [1.165, 1.54) is 19.2 Å². The average molecular weight is 244 g/mol. The number of benzene rings is 1. The summed E-state index contributed by atoms with van der Waals surface area (Å²) < 4.78 is 32.6. The largest absolute Gasteiger partial charge is 0.469 e. The Bertz CT molecular complexity index is 363. The Kier molecular flexibility index (Phi) is 4.87. The van der Waals surface area contributed by atoms with Gasteiger partial charge >= 0.3 is 12.6 Å². The number of rotatable bonds is 5. The molecule has 0 bridgehead atoms. The lowest BCUT2D eigenvalue weighted by Crippen LogP contribution is -2.06. The third kappa shape index (κ3) is 4.38. The quantitative estimate of drug-likeness (QED) is 0.747. The van der Waals surface area contributed by atoms with Gasteiger partial charge in [0.25, 0.3) is 0 Å². The molecular weight excluding hydrogens is 230 g/mol. The van der Waals surface area contributed by atoms with Crippen molar-refractivity contribution in [1.82, 2.24) is 0 Å². The lowest BCUT2D eigenvalue weighted by Gasteiger charge is -2.11. The van der Waals surface area contributed by atoms with Crippen molar-refractivity contribution in [3.05, 3.63) is 29.8 Å². The molecule has 0 heterocycles. The topological polar surface area (TPSA) is 35.5 Å². The summed E-state index contributed by atoms with van der Waals surface area (Å²) in [5, 5.41) is 0. The molecule has 5 heteroatoms. The summed E-state index contributed by atoms with van der Waals surface area (Å²) in [4.78, 5) is 11.1. The van der Waals surface area contributed by atoms with Crippen molar-refractivity contribution in [2.75, 3.05) is 7.11 Å². The van der Waals surface area contributed by atoms with E-state index in [1.807, 2.05) is 6.92 Å². The second-order valence-electron chi connectivity index (χ2n) is 3.63. The molecule has 1 atom stereocenters. The van der Waals surface area contributed by atoms with Gasteiger partial charge in [-0.25, -0.2) is 0 Å². The van der Waals surface area contributed by atoms with Gasteiger partial charge in [0.05, 0.1) is 13.5 Å². The first-order valence-corrected chi connectivity index (χ1v) is 5.14. The van der Waals surface area contributed by atoms with Crippen LogP contribution in [-0.2, 0) is 9.53 Å². The summed E-state index contributed by atoms with van der Waals surface area (Å²) in [7, 11) is 1.33. The van der Waals surface area contributed by atoms with Gasteiger partial charge in [0.15, 0.2) is 0 Å². The second-order valence-corrected chi connectivity index (χ2v) is 3.63. The molecule has 0 saturated heterocycles. The zero-order chi connectivity index (χ0) is 12.8. The number of carbonyl (C=O) groups is 1. The van der Waals surface area contributed by atoms with Gasteiger partial charge in [-0.15, -0.1) is 0 Å². The van der Waals surface area contributed by atoms with Crippen LogP contribution < -0.4 is 4.74 Å². The lowest BCUT2D eigenvalue weighted by atomic mass is 9.98. The maximum Gasteiger partial charge on any atom is 0.387 e. The third-order valence-electron chi connectivity index (χ3n) is 2.37. The minimum atomic E-state index is -2.83. The van der Waals surface area contributed by atoms with Gasteiger partial charge in [0.2, 0.25) is 0 Å². The molecule has 0 amide bonds. The van der Waals surface area contributed by atoms with E-state index in [0.717, 1.165) is 5.56 Å². The maximum absolute atomic E-state index is 11.9. The summed E-state index contributed by atoms with van der Waals surface area (Å²) in [5.74, 6) is -0.220. The third-order valence-corrected chi connectivity index (χ3v) is 2.37. The maximum atomic E-state index is 11.9. The zero-order valence-electron chi connectivity index (χ0n) is 9.65. The molecule has 1 unspecified atom stereocenters. The van der Waals surface area contributed by atoms with Crippen molar-refractivity contribution < 1.29 is 23.0 Å². The summed E-state index contributed by atoms with van der Waals surface area (Å²) in [6.07, 6.45) is 0.256. The molecule has 94 valence electrons. The van der Waals surface area contributed by atoms with Crippen molar-refractivity contribution >= 4 is 5.97 Å². The number of hydrogen-bond donors (Lipinski definition) is 0. The zero-order valence-corrected chi connectivity index (χ0v) is 9.65. The van der Waals surface area contributed by atoms with Gasteiger partial charge in [0.1, 0.15) is 5.75 Å². The van der Waals surface area contributed by atoms with Gasteiger partial charge < -0.3 is 9.47 Å². The molecule has 0 fully saturated rings. The SMILES string of the molecule is COC(=O)CC(C)c1ccc(OC(F)F)cc1. The number of ether oxygens (including phenoxy) is 2. The highest BCUT2D eigenvalue weighted by molar-refractivity contribution is 5.70. The fraction of sp³-hybridized carbons (Fsp3) is 0.417. The molecule has 0 aliphatic heterocycles. The number of halogens is 2. The molecule has 0 spiro atoms. The molecule has 0 aliphatic rings. The van der Waals surface area contributed by atoms with E-state index in [1.54, 1.807) is 12.1 Å². The van der Waals surface area contributed by atoms with Crippen molar-refractivity contribution in [1.29, 1.82) is 0 Å². The molecule has 0 radical (unpaired) electrons. The second kappa shape index (κ2) is 6.18. The van der Waals surface area contributed by atoms with E-state index in [0.29, 0.717) is 0 Å². The van der Waals surface area contributed by atoms with E-state index in [4.69, 9.17) is 0 Å².